The number of nitrogens with two attached hydrogens (primary N) is 2. The first-order chi connectivity index (χ1) is 10.1. The first-order valence-corrected chi connectivity index (χ1v) is 7.49. The molecular weight excluding hydrogens is 262 g/mol. The molecule has 0 bridgehead atoms. The number of benzene rings is 1. The number of hydrogen-bond donors (Lipinski definition) is 2. The van der Waals surface area contributed by atoms with Crippen LogP contribution >= 0.6 is 0 Å². The largest absolute Gasteiger partial charge is 0.382 e. The number of nitrogens with zero attached hydrogens (tertiary/aromatic N) is 3. The molecule has 1 saturated carbocycles. The molecule has 3 rings (SSSR count). The van der Waals surface area contributed by atoms with E-state index in [-0.39, 0.29) is 0 Å². The van der Waals surface area contributed by atoms with Crippen molar-refractivity contribution in [3.63, 3.8) is 0 Å². The number of anilines is 2. The molecule has 0 saturated heterocycles. The molecule has 0 aliphatic heterocycles. The van der Waals surface area contributed by atoms with Gasteiger partial charge < -0.3 is 16.5 Å². The van der Waals surface area contributed by atoms with Crippen molar-refractivity contribution in [3.8, 4) is 11.3 Å². The van der Waals surface area contributed by atoms with Crippen LogP contribution in [-0.2, 0) is 0 Å². The molecule has 5 heteroatoms. The topological polar surface area (TPSA) is 73.1 Å². The quantitative estimate of drug-likeness (QED) is 0.850. The Morgan fingerprint density at radius 3 is 2.33 bits per heavy atom. The van der Waals surface area contributed by atoms with Gasteiger partial charge in [-0.1, -0.05) is 25.0 Å². The van der Waals surface area contributed by atoms with Gasteiger partial charge in [-0.25, -0.2) is 9.66 Å². The lowest BCUT2D eigenvalue weighted by molar-refractivity contribution is 0.648. The van der Waals surface area contributed by atoms with Crippen LogP contribution in [0.15, 0.2) is 24.3 Å². The van der Waals surface area contributed by atoms with Crippen LogP contribution in [-0.4, -0.2) is 23.8 Å². The summed E-state index contributed by atoms with van der Waals surface area (Å²) in [5, 5.41) is 0. The molecule has 1 aliphatic rings. The molecule has 0 radical (unpaired) electrons. The van der Waals surface area contributed by atoms with Crippen LogP contribution in [0.4, 0.5) is 11.5 Å². The number of imidazole rings is 1. The van der Waals surface area contributed by atoms with E-state index in [0.717, 1.165) is 35.6 Å². The van der Waals surface area contributed by atoms with Gasteiger partial charge in [0.15, 0.2) is 5.82 Å². The minimum atomic E-state index is 0.451. The average molecular weight is 285 g/mol. The molecule has 1 aromatic heterocycles. The van der Waals surface area contributed by atoms with Gasteiger partial charge in [0.1, 0.15) is 11.5 Å². The predicted molar refractivity (Wildman–Crippen MR) is 87.8 cm³/mol. The average Bonchev–Trinajstić information content (AvgIpc) is 3.09. The molecule has 1 aromatic carbocycles. The van der Waals surface area contributed by atoms with E-state index in [1.807, 2.05) is 26.2 Å². The van der Waals surface area contributed by atoms with Gasteiger partial charge in [0, 0.05) is 31.3 Å². The standard InChI is InChI=1S/C16H23N5/c1-20(2)13-9-7-11(8-10-13)14-15(17)21(18)16(19-14)12-5-3-4-6-12/h7-10,12H,3-6,17-18H2,1-2H3. The monoisotopic (exact) mass is 285 g/mol. The fourth-order valence-electron chi connectivity index (χ4n) is 3.07. The second kappa shape index (κ2) is 5.31. The Morgan fingerprint density at radius 2 is 1.76 bits per heavy atom. The number of rotatable bonds is 3. The summed E-state index contributed by atoms with van der Waals surface area (Å²) in [4.78, 5) is 6.80. The molecule has 1 heterocycles. The van der Waals surface area contributed by atoms with Crippen LogP contribution in [0.1, 0.15) is 37.4 Å². The van der Waals surface area contributed by atoms with E-state index in [2.05, 4.69) is 17.0 Å². The maximum absolute atomic E-state index is 6.17. The molecule has 1 fully saturated rings. The summed E-state index contributed by atoms with van der Waals surface area (Å²) in [5.74, 6) is 8.05. The van der Waals surface area contributed by atoms with E-state index in [4.69, 9.17) is 16.6 Å². The molecule has 112 valence electrons. The van der Waals surface area contributed by atoms with E-state index >= 15 is 0 Å². The Bertz CT molecular complexity index is 621. The minimum Gasteiger partial charge on any atom is -0.382 e. The molecule has 0 unspecified atom stereocenters. The van der Waals surface area contributed by atoms with Crippen molar-refractivity contribution in [1.82, 2.24) is 9.66 Å². The van der Waals surface area contributed by atoms with Crippen LogP contribution in [0, 0.1) is 0 Å². The highest BCUT2D eigenvalue weighted by Crippen LogP contribution is 2.36. The van der Waals surface area contributed by atoms with Crippen molar-refractivity contribution in [3.05, 3.63) is 30.1 Å². The molecule has 5 nitrogen and oxygen atoms in total. The maximum Gasteiger partial charge on any atom is 0.150 e. The number of aromatic nitrogens is 2. The first kappa shape index (κ1) is 13.8. The molecular formula is C16H23N5. The lowest BCUT2D eigenvalue weighted by Crippen LogP contribution is -2.17. The Balaban J connectivity index is 1.96. The lowest BCUT2D eigenvalue weighted by atomic mass is 10.1. The molecule has 2 aromatic rings. The molecule has 4 N–H and O–H groups in total. The van der Waals surface area contributed by atoms with Crippen LogP contribution in [0.3, 0.4) is 0 Å². The zero-order valence-electron chi connectivity index (χ0n) is 12.7. The van der Waals surface area contributed by atoms with Gasteiger partial charge >= 0.3 is 0 Å². The van der Waals surface area contributed by atoms with Gasteiger partial charge in [-0.3, -0.25) is 0 Å². The van der Waals surface area contributed by atoms with Gasteiger partial charge in [0.25, 0.3) is 0 Å². The van der Waals surface area contributed by atoms with Crippen molar-refractivity contribution < 1.29 is 0 Å². The van der Waals surface area contributed by atoms with Crippen LogP contribution < -0.4 is 16.5 Å². The summed E-state index contributed by atoms with van der Waals surface area (Å²) in [5.41, 5.74) is 9.13. The third kappa shape index (κ3) is 2.44. The predicted octanol–water partition coefficient (Wildman–Crippen LogP) is 2.57. The van der Waals surface area contributed by atoms with Crippen molar-refractivity contribution in [1.29, 1.82) is 0 Å². The summed E-state index contributed by atoms with van der Waals surface area (Å²) < 4.78 is 1.57. The molecule has 0 amide bonds. The van der Waals surface area contributed by atoms with Crippen molar-refractivity contribution in [2.75, 3.05) is 30.6 Å². The molecule has 0 spiro atoms. The smallest absolute Gasteiger partial charge is 0.150 e. The van der Waals surface area contributed by atoms with Gasteiger partial charge in [-0.15, -0.1) is 0 Å². The summed E-state index contributed by atoms with van der Waals surface area (Å²) in [6.45, 7) is 0. The van der Waals surface area contributed by atoms with Crippen molar-refractivity contribution >= 4 is 11.5 Å². The van der Waals surface area contributed by atoms with Gasteiger partial charge in [-0.2, -0.15) is 0 Å². The number of hydrogen-bond acceptors (Lipinski definition) is 4. The summed E-state index contributed by atoms with van der Waals surface area (Å²) >= 11 is 0. The molecule has 1 aliphatic carbocycles. The molecule has 21 heavy (non-hydrogen) atoms. The SMILES string of the molecule is CN(C)c1ccc(-c2nc(C3CCCC3)n(N)c2N)cc1. The highest BCUT2D eigenvalue weighted by Gasteiger charge is 2.24. The Morgan fingerprint density at radius 1 is 1.14 bits per heavy atom. The highest BCUT2D eigenvalue weighted by molar-refractivity contribution is 5.72. The molecule has 0 atom stereocenters. The highest BCUT2D eigenvalue weighted by atomic mass is 15.4. The Kier molecular flexibility index (Phi) is 3.49. The fourth-order valence-corrected chi connectivity index (χ4v) is 3.07. The van der Waals surface area contributed by atoms with Gasteiger partial charge in [0.2, 0.25) is 0 Å². The van der Waals surface area contributed by atoms with E-state index in [0.29, 0.717) is 11.7 Å². The summed E-state index contributed by atoms with van der Waals surface area (Å²) in [6.07, 6.45) is 4.83. The normalized spacial score (nSPS) is 15.5. The lowest BCUT2D eigenvalue weighted by Gasteiger charge is -2.12. The summed E-state index contributed by atoms with van der Waals surface area (Å²) in [6, 6.07) is 8.23. The van der Waals surface area contributed by atoms with E-state index in [9.17, 15) is 0 Å². The van der Waals surface area contributed by atoms with Crippen molar-refractivity contribution in [2.45, 2.75) is 31.6 Å². The third-order valence-corrected chi connectivity index (χ3v) is 4.35. The third-order valence-electron chi connectivity index (χ3n) is 4.35. The second-order valence-corrected chi connectivity index (χ2v) is 6.00. The Hall–Kier alpha value is -2.17. The van der Waals surface area contributed by atoms with E-state index in [1.165, 1.54) is 12.8 Å². The van der Waals surface area contributed by atoms with Crippen LogP contribution in [0.2, 0.25) is 0 Å². The summed E-state index contributed by atoms with van der Waals surface area (Å²) in [7, 11) is 4.05. The van der Waals surface area contributed by atoms with Gasteiger partial charge in [-0.05, 0) is 25.0 Å². The fraction of sp³-hybridized carbons (Fsp3) is 0.438. The van der Waals surface area contributed by atoms with Gasteiger partial charge in [0.05, 0.1) is 0 Å². The van der Waals surface area contributed by atoms with Crippen LogP contribution in [0.5, 0.6) is 0 Å². The Labute approximate surface area is 125 Å². The second-order valence-electron chi connectivity index (χ2n) is 6.00. The van der Waals surface area contributed by atoms with E-state index in [1.54, 1.807) is 4.68 Å². The minimum absolute atomic E-state index is 0.451. The van der Waals surface area contributed by atoms with Crippen molar-refractivity contribution in [2.24, 2.45) is 0 Å². The van der Waals surface area contributed by atoms with Crippen LogP contribution in [0.25, 0.3) is 11.3 Å². The maximum atomic E-state index is 6.17. The first-order valence-electron chi connectivity index (χ1n) is 7.49. The number of nitrogen functional groups attached to an aromatic ring is 2. The zero-order chi connectivity index (χ0) is 15.0. The zero-order valence-corrected chi connectivity index (χ0v) is 12.7. The van der Waals surface area contributed by atoms with E-state index < -0.39 is 0 Å².